The van der Waals surface area contributed by atoms with Crippen LogP contribution in [0.2, 0.25) is 5.02 Å². The van der Waals surface area contributed by atoms with Crippen molar-refractivity contribution in [1.82, 2.24) is 4.90 Å². The van der Waals surface area contributed by atoms with Gasteiger partial charge in [0, 0.05) is 19.6 Å². The molecule has 25 heavy (non-hydrogen) atoms. The molecule has 0 radical (unpaired) electrons. The second kappa shape index (κ2) is 7.80. The third-order valence-electron chi connectivity index (χ3n) is 3.97. The molecule has 2 aromatic rings. The van der Waals surface area contributed by atoms with Crippen molar-refractivity contribution in [2.75, 3.05) is 24.5 Å². The molecule has 0 N–H and O–H groups in total. The van der Waals surface area contributed by atoms with Crippen molar-refractivity contribution in [2.45, 2.75) is 13.2 Å². The van der Waals surface area contributed by atoms with E-state index >= 15 is 0 Å². The molecular formula is C18H17ClF2N2O2. The topological polar surface area (TPSA) is 32.8 Å². The first-order valence-electron chi connectivity index (χ1n) is 7.84. The standard InChI is InChI=1S/C18H17ClF2N2O2/c19-15-6-1-2-7-16(15)23-9-8-22(12-17(23)24)11-13-4-3-5-14(10-13)25-18(20)21/h1-7,10,18H,8-9,11-12H2. The quantitative estimate of drug-likeness (QED) is 0.807. The molecule has 1 heterocycles. The smallest absolute Gasteiger partial charge is 0.387 e. The molecule has 4 nitrogen and oxygen atoms in total. The third-order valence-corrected chi connectivity index (χ3v) is 4.29. The highest BCUT2D eigenvalue weighted by molar-refractivity contribution is 6.33. The Morgan fingerprint density at radius 1 is 1.12 bits per heavy atom. The van der Waals surface area contributed by atoms with Crippen LogP contribution in [0.5, 0.6) is 5.75 Å². The van der Waals surface area contributed by atoms with Gasteiger partial charge >= 0.3 is 6.61 Å². The van der Waals surface area contributed by atoms with Crippen LogP contribution in [0.4, 0.5) is 14.5 Å². The van der Waals surface area contributed by atoms with Crippen molar-refractivity contribution in [3.05, 3.63) is 59.1 Å². The van der Waals surface area contributed by atoms with Crippen LogP contribution in [0.15, 0.2) is 48.5 Å². The number of rotatable bonds is 5. The summed E-state index contributed by atoms with van der Waals surface area (Å²) in [5.41, 5.74) is 1.53. The Kier molecular flexibility index (Phi) is 5.50. The minimum Gasteiger partial charge on any atom is -0.435 e. The summed E-state index contributed by atoms with van der Waals surface area (Å²) in [7, 11) is 0. The van der Waals surface area contributed by atoms with E-state index in [2.05, 4.69) is 4.74 Å². The van der Waals surface area contributed by atoms with Crippen molar-refractivity contribution in [1.29, 1.82) is 0 Å². The molecule has 1 amide bonds. The molecule has 1 aliphatic rings. The summed E-state index contributed by atoms with van der Waals surface area (Å²) in [6.07, 6.45) is 0. The molecule has 0 unspecified atom stereocenters. The van der Waals surface area contributed by atoms with E-state index < -0.39 is 6.61 Å². The molecule has 132 valence electrons. The van der Waals surface area contributed by atoms with Crippen LogP contribution in [0.3, 0.4) is 0 Å². The molecule has 2 aromatic carbocycles. The van der Waals surface area contributed by atoms with Crippen LogP contribution >= 0.6 is 11.6 Å². The van der Waals surface area contributed by atoms with Crippen LogP contribution < -0.4 is 9.64 Å². The summed E-state index contributed by atoms with van der Waals surface area (Å²) in [5.74, 6) is 0.0767. The largest absolute Gasteiger partial charge is 0.435 e. The van der Waals surface area contributed by atoms with Gasteiger partial charge in [0.2, 0.25) is 5.91 Å². The van der Waals surface area contributed by atoms with Crippen LogP contribution in [-0.2, 0) is 11.3 Å². The number of hydrogen-bond donors (Lipinski definition) is 0. The lowest BCUT2D eigenvalue weighted by Crippen LogP contribution is -2.50. The second-order valence-corrected chi connectivity index (χ2v) is 6.14. The Bertz CT molecular complexity index is 757. The van der Waals surface area contributed by atoms with Gasteiger partial charge in [0.05, 0.1) is 17.3 Å². The van der Waals surface area contributed by atoms with Crippen LogP contribution in [-0.4, -0.2) is 37.1 Å². The lowest BCUT2D eigenvalue weighted by Gasteiger charge is -2.34. The van der Waals surface area contributed by atoms with E-state index in [1.165, 1.54) is 6.07 Å². The minimum atomic E-state index is -2.85. The molecule has 0 aliphatic carbocycles. The highest BCUT2D eigenvalue weighted by Gasteiger charge is 2.26. The fourth-order valence-electron chi connectivity index (χ4n) is 2.86. The minimum absolute atomic E-state index is 0.0423. The maximum Gasteiger partial charge on any atom is 0.387 e. The molecule has 3 rings (SSSR count). The highest BCUT2D eigenvalue weighted by atomic mass is 35.5. The van der Waals surface area contributed by atoms with Crippen molar-refractivity contribution in [2.24, 2.45) is 0 Å². The Labute approximate surface area is 149 Å². The second-order valence-electron chi connectivity index (χ2n) is 5.73. The molecule has 0 atom stereocenters. The number of para-hydroxylation sites is 1. The van der Waals surface area contributed by atoms with E-state index in [0.717, 1.165) is 5.56 Å². The molecule has 0 spiro atoms. The molecule has 0 bridgehead atoms. The van der Waals surface area contributed by atoms with E-state index in [1.807, 2.05) is 29.2 Å². The summed E-state index contributed by atoms with van der Waals surface area (Å²) >= 11 is 6.17. The van der Waals surface area contributed by atoms with Gasteiger partial charge in [0.1, 0.15) is 5.75 Å². The fourth-order valence-corrected chi connectivity index (χ4v) is 3.10. The zero-order chi connectivity index (χ0) is 17.8. The predicted octanol–water partition coefficient (Wildman–Crippen LogP) is 3.79. The van der Waals surface area contributed by atoms with Crippen molar-refractivity contribution in [3.8, 4) is 5.75 Å². The summed E-state index contributed by atoms with van der Waals surface area (Å²) in [5, 5.41) is 0.543. The van der Waals surface area contributed by atoms with Gasteiger partial charge in [-0.05, 0) is 29.8 Å². The zero-order valence-corrected chi connectivity index (χ0v) is 14.1. The molecule has 0 saturated carbocycles. The number of amides is 1. The Balaban J connectivity index is 1.64. The maximum atomic E-state index is 12.5. The maximum absolute atomic E-state index is 12.5. The number of halogens is 3. The number of carbonyl (C=O) groups excluding carboxylic acids is 1. The Morgan fingerprint density at radius 2 is 1.92 bits per heavy atom. The van der Waals surface area contributed by atoms with E-state index in [4.69, 9.17) is 11.6 Å². The van der Waals surface area contributed by atoms with Gasteiger partial charge in [0.25, 0.3) is 0 Å². The summed E-state index contributed by atoms with van der Waals surface area (Å²) in [6.45, 7) is -0.934. The van der Waals surface area contributed by atoms with Gasteiger partial charge in [-0.2, -0.15) is 8.78 Å². The Hall–Kier alpha value is -2.18. The molecule has 0 aromatic heterocycles. The van der Waals surface area contributed by atoms with Crippen molar-refractivity contribution >= 4 is 23.2 Å². The van der Waals surface area contributed by atoms with E-state index in [0.29, 0.717) is 30.3 Å². The van der Waals surface area contributed by atoms with Crippen LogP contribution in [0.1, 0.15) is 5.56 Å². The summed E-state index contributed by atoms with van der Waals surface area (Å²) in [6, 6.07) is 13.8. The number of anilines is 1. The Morgan fingerprint density at radius 3 is 2.64 bits per heavy atom. The third kappa shape index (κ3) is 4.46. The van der Waals surface area contributed by atoms with E-state index in [9.17, 15) is 13.6 Å². The normalized spacial score (nSPS) is 15.7. The first-order chi connectivity index (χ1) is 12.0. The van der Waals surface area contributed by atoms with E-state index in [1.54, 1.807) is 23.1 Å². The van der Waals surface area contributed by atoms with Gasteiger partial charge in [-0.1, -0.05) is 35.9 Å². The van der Waals surface area contributed by atoms with Crippen LogP contribution in [0, 0.1) is 0 Å². The number of nitrogens with zero attached hydrogens (tertiary/aromatic N) is 2. The lowest BCUT2D eigenvalue weighted by atomic mass is 10.1. The predicted molar refractivity (Wildman–Crippen MR) is 92.2 cm³/mol. The molecule has 1 fully saturated rings. The van der Waals surface area contributed by atoms with Gasteiger partial charge in [-0.25, -0.2) is 0 Å². The monoisotopic (exact) mass is 366 g/mol. The van der Waals surface area contributed by atoms with Gasteiger partial charge in [-0.15, -0.1) is 0 Å². The zero-order valence-electron chi connectivity index (χ0n) is 13.4. The van der Waals surface area contributed by atoms with Crippen molar-refractivity contribution in [3.63, 3.8) is 0 Å². The number of hydrogen-bond acceptors (Lipinski definition) is 3. The molecule has 1 aliphatic heterocycles. The number of benzene rings is 2. The molecular weight excluding hydrogens is 350 g/mol. The number of piperazine rings is 1. The molecule has 1 saturated heterocycles. The van der Waals surface area contributed by atoms with Gasteiger partial charge in [-0.3, -0.25) is 9.69 Å². The average molecular weight is 367 g/mol. The number of carbonyl (C=O) groups is 1. The highest BCUT2D eigenvalue weighted by Crippen LogP contribution is 2.27. The summed E-state index contributed by atoms with van der Waals surface area (Å²) in [4.78, 5) is 16.1. The van der Waals surface area contributed by atoms with Gasteiger partial charge in [0.15, 0.2) is 0 Å². The lowest BCUT2D eigenvalue weighted by molar-refractivity contribution is -0.121. The molecule has 7 heteroatoms. The van der Waals surface area contributed by atoms with Crippen molar-refractivity contribution < 1.29 is 18.3 Å². The van der Waals surface area contributed by atoms with Gasteiger partial charge < -0.3 is 9.64 Å². The SMILES string of the molecule is O=C1CN(Cc2cccc(OC(F)F)c2)CCN1c1ccccc1Cl. The average Bonchev–Trinajstić information content (AvgIpc) is 2.56. The number of alkyl halides is 2. The fraction of sp³-hybridized carbons (Fsp3) is 0.278. The number of ether oxygens (including phenoxy) is 1. The van der Waals surface area contributed by atoms with E-state index in [-0.39, 0.29) is 18.2 Å². The first kappa shape index (κ1) is 17.6. The first-order valence-corrected chi connectivity index (χ1v) is 8.22. The van der Waals surface area contributed by atoms with Crippen LogP contribution in [0.25, 0.3) is 0 Å². The summed E-state index contributed by atoms with van der Waals surface area (Å²) < 4.78 is 29.0.